The van der Waals surface area contributed by atoms with Crippen LogP contribution in [0, 0.1) is 20.8 Å². The summed E-state index contributed by atoms with van der Waals surface area (Å²) in [4.78, 5) is 12.2. The van der Waals surface area contributed by atoms with Gasteiger partial charge in [-0.3, -0.25) is 4.79 Å². The zero-order valence-corrected chi connectivity index (χ0v) is 11.8. The van der Waals surface area contributed by atoms with Crippen LogP contribution in [0.3, 0.4) is 0 Å². The van der Waals surface area contributed by atoms with Gasteiger partial charge >= 0.3 is 0 Å². The van der Waals surface area contributed by atoms with Crippen LogP contribution in [-0.4, -0.2) is 11.0 Å². The van der Waals surface area contributed by atoms with E-state index in [1.54, 1.807) is 19.1 Å². The topological polar surface area (TPSA) is 75.3 Å². The van der Waals surface area contributed by atoms with E-state index in [9.17, 15) is 9.90 Å². The molecule has 0 aromatic heterocycles. The number of nitrogens with one attached hydrogen (secondary N) is 1. The first kappa shape index (κ1) is 13.9. The Hall–Kier alpha value is -2.49. The van der Waals surface area contributed by atoms with E-state index in [2.05, 4.69) is 5.32 Å². The minimum Gasteiger partial charge on any atom is -0.508 e. The Balaban J connectivity index is 2.27. The maximum Gasteiger partial charge on any atom is 0.255 e. The first-order chi connectivity index (χ1) is 9.38. The third-order valence-electron chi connectivity index (χ3n) is 3.32. The molecule has 2 aromatic carbocycles. The molecule has 0 spiro atoms. The van der Waals surface area contributed by atoms with Gasteiger partial charge in [-0.05, 0) is 67.8 Å². The van der Waals surface area contributed by atoms with Gasteiger partial charge in [-0.15, -0.1) is 0 Å². The average Bonchev–Trinajstić information content (AvgIpc) is 2.39. The van der Waals surface area contributed by atoms with Crippen molar-refractivity contribution >= 4 is 17.3 Å². The number of carbonyl (C=O) groups excluding carboxylic acids is 1. The number of rotatable bonds is 2. The molecule has 0 aliphatic heterocycles. The molecule has 0 radical (unpaired) electrons. The number of hydrogen-bond acceptors (Lipinski definition) is 3. The molecular formula is C16H18N2O2. The highest BCUT2D eigenvalue weighted by atomic mass is 16.3. The molecule has 0 unspecified atom stereocenters. The molecule has 0 fully saturated rings. The number of hydrogen-bond donors (Lipinski definition) is 3. The maximum absolute atomic E-state index is 12.2. The van der Waals surface area contributed by atoms with E-state index in [0.29, 0.717) is 16.8 Å². The fourth-order valence-electron chi connectivity index (χ4n) is 1.96. The van der Waals surface area contributed by atoms with Crippen molar-refractivity contribution in [3.05, 3.63) is 52.6 Å². The van der Waals surface area contributed by atoms with Crippen molar-refractivity contribution in [1.82, 2.24) is 0 Å². The second-order valence-corrected chi connectivity index (χ2v) is 4.98. The minimum absolute atomic E-state index is 0.182. The van der Waals surface area contributed by atoms with E-state index < -0.39 is 0 Å². The third-order valence-corrected chi connectivity index (χ3v) is 3.32. The van der Waals surface area contributed by atoms with Crippen LogP contribution >= 0.6 is 0 Å². The molecule has 104 valence electrons. The SMILES string of the molecule is Cc1cc(NC(=O)c2ccc(O)c(C)c2)c(C)cc1N. The Morgan fingerprint density at radius 3 is 2.40 bits per heavy atom. The van der Waals surface area contributed by atoms with Crippen LogP contribution in [0.25, 0.3) is 0 Å². The van der Waals surface area contributed by atoms with Crippen molar-refractivity contribution in [1.29, 1.82) is 0 Å². The summed E-state index contributed by atoms with van der Waals surface area (Å²) in [6, 6.07) is 8.47. The van der Waals surface area contributed by atoms with Crippen LogP contribution in [0.2, 0.25) is 0 Å². The van der Waals surface area contributed by atoms with Crippen LogP contribution in [0.4, 0.5) is 11.4 Å². The first-order valence-corrected chi connectivity index (χ1v) is 6.36. The number of anilines is 2. The number of aryl methyl sites for hydroxylation is 3. The summed E-state index contributed by atoms with van der Waals surface area (Å²) in [7, 11) is 0. The Labute approximate surface area is 118 Å². The molecule has 20 heavy (non-hydrogen) atoms. The molecule has 0 saturated carbocycles. The highest BCUT2D eigenvalue weighted by Crippen LogP contribution is 2.23. The van der Waals surface area contributed by atoms with Gasteiger partial charge in [0.1, 0.15) is 5.75 Å². The summed E-state index contributed by atoms with van der Waals surface area (Å²) >= 11 is 0. The number of carbonyl (C=O) groups is 1. The van der Waals surface area contributed by atoms with E-state index in [1.165, 1.54) is 6.07 Å². The molecule has 0 bridgehead atoms. The van der Waals surface area contributed by atoms with Gasteiger partial charge in [-0.25, -0.2) is 0 Å². The Kier molecular flexibility index (Phi) is 3.66. The van der Waals surface area contributed by atoms with Crippen LogP contribution < -0.4 is 11.1 Å². The van der Waals surface area contributed by atoms with Crippen LogP contribution in [-0.2, 0) is 0 Å². The second-order valence-electron chi connectivity index (χ2n) is 4.98. The summed E-state index contributed by atoms with van der Waals surface area (Å²) in [6.07, 6.45) is 0. The smallest absolute Gasteiger partial charge is 0.255 e. The summed E-state index contributed by atoms with van der Waals surface area (Å²) in [5.41, 5.74) is 10.3. The minimum atomic E-state index is -0.208. The largest absolute Gasteiger partial charge is 0.508 e. The fraction of sp³-hybridized carbons (Fsp3) is 0.188. The van der Waals surface area contributed by atoms with Crippen molar-refractivity contribution < 1.29 is 9.90 Å². The molecule has 0 aliphatic rings. The Morgan fingerprint density at radius 1 is 1.05 bits per heavy atom. The number of benzene rings is 2. The van der Waals surface area contributed by atoms with E-state index in [0.717, 1.165) is 16.8 Å². The van der Waals surface area contributed by atoms with Crippen molar-refractivity contribution in [2.45, 2.75) is 20.8 Å². The van der Waals surface area contributed by atoms with Crippen LogP contribution in [0.1, 0.15) is 27.0 Å². The van der Waals surface area contributed by atoms with Crippen molar-refractivity contribution in [2.24, 2.45) is 0 Å². The zero-order chi connectivity index (χ0) is 14.9. The van der Waals surface area contributed by atoms with E-state index in [-0.39, 0.29) is 11.7 Å². The zero-order valence-electron chi connectivity index (χ0n) is 11.8. The van der Waals surface area contributed by atoms with Gasteiger partial charge in [0, 0.05) is 16.9 Å². The maximum atomic E-state index is 12.2. The fourth-order valence-corrected chi connectivity index (χ4v) is 1.96. The molecule has 4 nitrogen and oxygen atoms in total. The molecule has 0 aliphatic carbocycles. The summed E-state index contributed by atoms with van der Waals surface area (Å²) < 4.78 is 0. The van der Waals surface area contributed by atoms with Gasteiger partial charge in [0.15, 0.2) is 0 Å². The third kappa shape index (κ3) is 2.74. The second kappa shape index (κ2) is 5.25. The number of phenolic OH excluding ortho intramolecular Hbond substituents is 1. The normalized spacial score (nSPS) is 10.3. The van der Waals surface area contributed by atoms with Gasteiger partial charge in [0.25, 0.3) is 5.91 Å². The summed E-state index contributed by atoms with van der Waals surface area (Å²) in [5, 5.41) is 12.3. The number of nitrogens with two attached hydrogens (primary N) is 1. The standard InChI is InChI=1S/C16H18N2O2/c1-9-8-14(10(2)7-13(9)17)18-16(20)12-4-5-15(19)11(3)6-12/h4-8,19H,17H2,1-3H3,(H,18,20). The summed E-state index contributed by atoms with van der Waals surface area (Å²) in [6.45, 7) is 5.55. The lowest BCUT2D eigenvalue weighted by Gasteiger charge is -2.11. The lowest BCUT2D eigenvalue weighted by atomic mass is 10.1. The molecule has 0 atom stereocenters. The van der Waals surface area contributed by atoms with E-state index in [4.69, 9.17) is 5.73 Å². The number of aromatic hydroxyl groups is 1. The molecule has 2 aromatic rings. The Bertz CT molecular complexity index is 678. The van der Waals surface area contributed by atoms with Gasteiger partial charge in [-0.1, -0.05) is 0 Å². The van der Waals surface area contributed by atoms with Crippen molar-refractivity contribution in [3.63, 3.8) is 0 Å². The van der Waals surface area contributed by atoms with Crippen molar-refractivity contribution in [2.75, 3.05) is 11.1 Å². The number of nitrogen functional groups attached to an aromatic ring is 1. The molecule has 2 rings (SSSR count). The molecule has 1 amide bonds. The van der Waals surface area contributed by atoms with Crippen LogP contribution in [0.5, 0.6) is 5.75 Å². The average molecular weight is 270 g/mol. The molecular weight excluding hydrogens is 252 g/mol. The van der Waals surface area contributed by atoms with Crippen LogP contribution in [0.15, 0.2) is 30.3 Å². The van der Waals surface area contributed by atoms with Gasteiger partial charge in [0.05, 0.1) is 0 Å². The molecule has 4 N–H and O–H groups in total. The van der Waals surface area contributed by atoms with E-state index >= 15 is 0 Å². The number of phenols is 1. The molecule has 4 heteroatoms. The quantitative estimate of drug-likeness (QED) is 0.734. The van der Waals surface area contributed by atoms with Crippen molar-refractivity contribution in [3.8, 4) is 5.75 Å². The Morgan fingerprint density at radius 2 is 1.75 bits per heavy atom. The first-order valence-electron chi connectivity index (χ1n) is 6.36. The van der Waals surface area contributed by atoms with E-state index in [1.807, 2.05) is 26.0 Å². The predicted octanol–water partition coefficient (Wildman–Crippen LogP) is 3.15. The highest BCUT2D eigenvalue weighted by Gasteiger charge is 2.10. The highest BCUT2D eigenvalue weighted by molar-refractivity contribution is 6.05. The molecule has 0 heterocycles. The summed E-state index contributed by atoms with van der Waals surface area (Å²) in [5.74, 6) is -0.0265. The van der Waals surface area contributed by atoms with Gasteiger partial charge in [-0.2, -0.15) is 0 Å². The predicted molar refractivity (Wildman–Crippen MR) is 81.1 cm³/mol. The lowest BCUT2D eigenvalue weighted by Crippen LogP contribution is -2.13. The monoisotopic (exact) mass is 270 g/mol. The number of amides is 1. The lowest BCUT2D eigenvalue weighted by molar-refractivity contribution is 0.102. The molecule has 0 saturated heterocycles. The van der Waals surface area contributed by atoms with Gasteiger partial charge < -0.3 is 16.2 Å². The van der Waals surface area contributed by atoms with Gasteiger partial charge in [0.2, 0.25) is 0 Å².